The van der Waals surface area contributed by atoms with Gasteiger partial charge in [-0.05, 0) is 49.8 Å². The average molecular weight is 370 g/mol. The van der Waals surface area contributed by atoms with E-state index >= 15 is 0 Å². The minimum absolute atomic E-state index is 0.0180. The van der Waals surface area contributed by atoms with Gasteiger partial charge in [-0.25, -0.2) is 0 Å². The molecule has 2 rings (SSSR count). The van der Waals surface area contributed by atoms with E-state index in [4.69, 9.17) is 5.73 Å². The standard InChI is InChI=1S/C21H30N4O2/c1-20(2,3)11-17-13(12-22)10-16(25-17)18(26)24-15-8-6-14(7-9-15)21(4,5)19(23)27/h6-9,13,16-17,25H,10-11H2,1-5H3,(H2,23,27)(H,24,26). The molecular formula is C21H30N4O2. The van der Waals surface area contributed by atoms with E-state index in [2.05, 4.69) is 37.5 Å². The zero-order valence-corrected chi connectivity index (χ0v) is 16.8. The molecule has 2 amide bonds. The van der Waals surface area contributed by atoms with Crippen LogP contribution in [0.15, 0.2) is 24.3 Å². The second-order valence-corrected chi connectivity index (χ2v) is 9.12. The van der Waals surface area contributed by atoms with Gasteiger partial charge in [-0.3, -0.25) is 9.59 Å². The highest BCUT2D eigenvalue weighted by Crippen LogP contribution is 2.31. The smallest absolute Gasteiger partial charge is 0.241 e. The first-order valence-electron chi connectivity index (χ1n) is 9.31. The van der Waals surface area contributed by atoms with E-state index < -0.39 is 11.3 Å². The van der Waals surface area contributed by atoms with Gasteiger partial charge in [0.25, 0.3) is 0 Å². The zero-order valence-electron chi connectivity index (χ0n) is 16.8. The third-order valence-electron chi connectivity index (χ3n) is 5.20. The van der Waals surface area contributed by atoms with Crippen LogP contribution in [0.5, 0.6) is 0 Å². The Morgan fingerprint density at radius 3 is 2.30 bits per heavy atom. The van der Waals surface area contributed by atoms with Gasteiger partial charge in [0.2, 0.25) is 11.8 Å². The molecule has 3 unspecified atom stereocenters. The van der Waals surface area contributed by atoms with Crippen molar-refractivity contribution >= 4 is 17.5 Å². The van der Waals surface area contributed by atoms with Crippen LogP contribution in [0.1, 0.15) is 53.0 Å². The lowest BCUT2D eigenvalue weighted by Crippen LogP contribution is -2.40. The molecule has 1 aromatic rings. The van der Waals surface area contributed by atoms with Crippen LogP contribution in [0.2, 0.25) is 0 Å². The molecule has 1 fully saturated rings. The Bertz CT molecular complexity index is 741. The quantitative estimate of drug-likeness (QED) is 0.740. The Balaban J connectivity index is 2.03. The van der Waals surface area contributed by atoms with Gasteiger partial charge in [0.15, 0.2) is 0 Å². The fraction of sp³-hybridized carbons (Fsp3) is 0.571. The number of carbonyl (C=O) groups is 2. The summed E-state index contributed by atoms with van der Waals surface area (Å²) in [6, 6.07) is 9.09. The van der Waals surface area contributed by atoms with Gasteiger partial charge in [0.05, 0.1) is 23.4 Å². The number of hydrogen-bond donors (Lipinski definition) is 3. The van der Waals surface area contributed by atoms with E-state index in [1.54, 1.807) is 38.1 Å². The highest BCUT2D eigenvalue weighted by atomic mass is 16.2. The van der Waals surface area contributed by atoms with Crippen molar-refractivity contribution in [2.24, 2.45) is 17.1 Å². The highest BCUT2D eigenvalue weighted by Gasteiger charge is 2.39. The zero-order chi connectivity index (χ0) is 20.4. The van der Waals surface area contributed by atoms with Gasteiger partial charge < -0.3 is 16.4 Å². The van der Waals surface area contributed by atoms with Gasteiger partial charge in [-0.2, -0.15) is 5.26 Å². The normalized spacial score (nSPS) is 22.9. The summed E-state index contributed by atoms with van der Waals surface area (Å²) in [6.07, 6.45) is 1.35. The summed E-state index contributed by atoms with van der Waals surface area (Å²) < 4.78 is 0. The number of nitrogens with one attached hydrogen (secondary N) is 2. The highest BCUT2D eigenvalue weighted by molar-refractivity contribution is 5.95. The van der Waals surface area contributed by atoms with Crippen LogP contribution in [0.4, 0.5) is 5.69 Å². The second-order valence-electron chi connectivity index (χ2n) is 9.12. The molecule has 1 heterocycles. The van der Waals surface area contributed by atoms with Crippen molar-refractivity contribution in [3.63, 3.8) is 0 Å². The molecule has 146 valence electrons. The predicted molar refractivity (Wildman–Crippen MR) is 106 cm³/mol. The average Bonchev–Trinajstić information content (AvgIpc) is 2.96. The van der Waals surface area contributed by atoms with Crippen LogP contribution in [0, 0.1) is 22.7 Å². The first-order chi connectivity index (χ1) is 12.4. The number of carbonyl (C=O) groups excluding carboxylic acids is 2. The number of nitrogens with zero attached hydrogens (tertiary/aromatic N) is 1. The molecule has 1 saturated heterocycles. The van der Waals surface area contributed by atoms with E-state index in [9.17, 15) is 14.9 Å². The number of nitrogens with two attached hydrogens (primary N) is 1. The van der Waals surface area contributed by atoms with E-state index in [0.29, 0.717) is 12.1 Å². The lowest BCUT2D eigenvalue weighted by molar-refractivity contribution is -0.122. The SMILES string of the molecule is CC(C)(C)CC1NC(C(=O)Nc2ccc(C(C)(C)C(N)=O)cc2)CC1C#N. The minimum atomic E-state index is -0.768. The number of nitriles is 1. The fourth-order valence-corrected chi connectivity index (χ4v) is 3.39. The van der Waals surface area contributed by atoms with E-state index in [1.807, 2.05) is 0 Å². The van der Waals surface area contributed by atoms with Crippen molar-refractivity contribution < 1.29 is 9.59 Å². The molecule has 0 aliphatic carbocycles. The maximum Gasteiger partial charge on any atom is 0.241 e. The van der Waals surface area contributed by atoms with Crippen molar-refractivity contribution in [3.8, 4) is 6.07 Å². The van der Waals surface area contributed by atoms with Crippen LogP contribution in [-0.2, 0) is 15.0 Å². The Kier molecular flexibility index (Phi) is 5.96. The summed E-state index contributed by atoms with van der Waals surface area (Å²) in [5.74, 6) is -0.714. The van der Waals surface area contributed by atoms with E-state index in [0.717, 1.165) is 12.0 Å². The number of hydrogen-bond acceptors (Lipinski definition) is 4. The summed E-state index contributed by atoms with van der Waals surface area (Å²) in [6.45, 7) is 9.93. The van der Waals surface area contributed by atoms with Crippen molar-refractivity contribution in [1.29, 1.82) is 5.26 Å². The molecule has 1 aliphatic heterocycles. The fourth-order valence-electron chi connectivity index (χ4n) is 3.39. The molecule has 6 heteroatoms. The third-order valence-corrected chi connectivity index (χ3v) is 5.20. The molecule has 1 aliphatic rings. The molecule has 0 aromatic heterocycles. The van der Waals surface area contributed by atoms with Crippen molar-refractivity contribution in [1.82, 2.24) is 5.32 Å². The number of anilines is 1. The predicted octanol–water partition coefficient (Wildman–Crippen LogP) is 2.69. The van der Waals surface area contributed by atoms with Crippen molar-refractivity contribution in [3.05, 3.63) is 29.8 Å². The first kappa shape index (κ1) is 20.9. The van der Waals surface area contributed by atoms with Crippen molar-refractivity contribution in [2.45, 2.75) is 65.0 Å². The summed E-state index contributed by atoms with van der Waals surface area (Å²) in [5, 5.41) is 15.6. The molecule has 3 atom stereocenters. The van der Waals surface area contributed by atoms with Gasteiger partial charge in [-0.15, -0.1) is 0 Å². The monoisotopic (exact) mass is 370 g/mol. The summed E-state index contributed by atoms with van der Waals surface area (Å²) in [7, 11) is 0. The largest absolute Gasteiger partial charge is 0.369 e. The maximum absolute atomic E-state index is 12.6. The second kappa shape index (κ2) is 7.69. The summed E-state index contributed by atoms with van der Waals surface area (Å²) in [5.41, 5.74) is 6.20. The Labute approximate surface area is 161 Å². The molecule has 0 radical (unpaired) electrons. The molecule has 6 nitrogen and oxygen atoms in total. The topological polar surface area (TPSA) is 108 Å². The number of primary amides is 1. The maximum atomic E-state index is 12.6. The molecule has 4 N–H and O–H groups in total. The van der Waals surface area contributed by atoms with Crippen LogP contribution in [0.3, 0.4) is 0 Å². The number of benzene rings is 1. The molecule has 1 aromatic carbocycles. The molecule has 0 saturated carbocycles. The first-order valence-corrected chi connectivity index (χ1v) is 9.31. The molecule has 27 heavy (non-hydrogen) atoms. The van der Waals surface area contributed by atoms with Gasteiger partial charge in [-0.1, -0.05) is 32.9 Å². The van der Waals surface area contributed by atoms with Crippen LogP contribution < -0.4 is 16.4 Å². The van der Waals surface area contributed by atoms with Crippen LogP contribution >= 0.6 is 0 Å². The van der Waals surface area contributed by atoms with Crippen LogP contribution in [-0.4, -0.2) is 23.9 Å². The van der Waals surface area contributed by atoms with E-state index in [1.165, 1.54) is 0 Å². The lowest BCUT2D eigenvalue weighted by Gasteiger charge is -2.25. The third kappa shape index (κ3) is 5.08. The Morgan fingerprint density at radius 2 is 1.81 bits per heavy atom. The minimum Gasteiger partial charge on any atom is -0.369 e. The summed E-state index contributed by atoms with van der Waals surface area (Å²) >= 11 is 0. The van der Waals surface area contributed by atoms with Gasteiger partial charge in [0, 0.05) is 11.7 Å². The Morgan fingerprint density at radius 1 is 1.22 bits per heavy atom. The van der Waals surface area contributed by atoms with E-state index in [-0.39, 0.29) is 29.3 Å². The van der Waals surface area contributed by atoms with Crippen molar-refractivity contribution in [2.75, 3.05) is 5.32 Å². The molecule has 0 bridgehead atoms. The van der Waals surface area contributed by atoms with Gasteiger partial charge in [0.1, 0.15) is 0 Å². The number of amides is 2. The lowest BCUT2D eigenvalue weighted by atomic mass is 9.84. The summed E-state index contributed by atoms with van der Waals surface area (Å²) in [4.78, 5) is 24.2. The molecule has 0 spiro atoms. The van der Waals surface area contributed by atoms with Gasteiger partial charge >= 0.3 is 0 Å². The molecular weight excluding hydrogens is 340 g/mol. The number of rotatable bonds is 5. The van der Waals surface area contributed by atoms with Crippen LogP contribution in [0.25, 0.3) is 0 Å². The Hall–Kier alpha value is -2.39.